The lowest BCUT2D eigenvalue weighted by Gasteiger charge is -2.11. The summed E-state index contributed by atoms with van der Waals surface area (Å²) in [6, 6.07) is 12.9. The summed E-state index contributed by atoms with van der Waals surface area (Å²) in [4.78, 5) is 16.6. The Morgan fingerprint density at radius 2 is 1.58 bits per heavy atom. The van der Waals surface area contributed by atoms with Crippen LogP contribution in [0.2, 0.25) is 0 Å². The summed E-state index contributed by atoms with van der Waals surface area (Å²) in [7, 11) is 0. The van der Waals surface area contributed by atoms with Gasteiger partial charge in [-0.1, -0.05) is 34.1 Å². The number of aromatic amines is 2. The number of fused-ring (bicyclic) bond motifs is 1. The lowest BCUT2D eigenvalue weighted by atomic mass is 10.0. The van der Waals surface area contributed by atoms with Crippen molar-refractivity contribution in [3.05, 3.63) is 68.5 Å². The third kappa shape index (κ3) is 2.34. The van der Waals surface area contributed by atoms with Gasteiger partial charge in [0, 0.05) is 4.47 Å². The zero-order valence-electron chi connectivity index (χ0n) is 9.85. The maximum atomic E-state index is 11.2. The fraction of sp³-hybridized carbons (Fsp3) is 0.0714. The van der Waals surface area contributed by atoms with Crippen molar-refractivity contribution >= 4 is 27.0 Å². The van der Waals surface area contributed by atoms with E-state index in [0.29, 0.717) is 5.52 Å². The number of hydrogen-bond donors (Lipinski definition) is 3. The summed E-state index contributed by atoms with van der Waals surface area (Å²) in [5, 5.41) is 10.3. The Labute approximate surface area is 117 Å². The van der Waals surface area contributed by atoms with Gasteiger partial charge in [-0.15, -0.1) is 0 Å². The average molecular weight is 319 g/mol. The molecule has 96 valence electrons. The standard InChI is InChI=1S/C14H11BrN2O2/c15-10-4-1-8(2-5-10)13(18)9-3-6-11-12(7-9)17-14(19)16-11/h1-7,13,18H,(H2,16,17,19). The minimum absolute atomic E-state index is 0.245. The Bertz CT molecular complexity index is 774. The molecule has 4 nitrogen and oxygen atoms in total. The molecule has 19 heavy (non-hydrogen) atoms. The van der Waals surface area contributed by atoms with Crippen molar-refractivity contribution < 1.29 is 5.11 Å². The summed E-state index contributed by atoms with van der Waals surface area (Å²) in [6.45, 7) is 0. The van der Waals surface area contributed by atoms with Crippen LogP contribution in [0.25, 0.3) is 11.0 Å². The summed E-state index contributed by atoms with van der Waals surface area (Å²) in [6.07, 6.45) is -0.712. The van der Waals surface area contributed by atoms with Gasteiger partial charge in [-0.05, 0) is 35.4 Å². The van der Waals surface area contributed by atoms with Crippen LogP contribution in [-0.4, -0.2) is 15.1 Å². The highest BCUT2D eigenvalue weighted by Crippen LogP contribution is 2.25. The van der Waals surface area contributed by atoms with E-state index >= 15 is 0 Å². The molecule has 2 aromatic carbocycles. The van der Waals surface area contributed by atoms with Crippen molar-refractivity contribution in [2.45, 2.75) is 6.10 Å². The number of aliphatic hydroxyl groups excluding tert-OH is 1. The lowest BCUT2D eigenvalue weighted by Crippen LogP contribution is -1.99. The maximum Gasteiger partial charge on any atom is 0.323 e. The van der Waals surface area contributed by atoms with Crippen LogP contribution in [0, 0.1) is 0 Å². The number of imidazole rings is 1. The van der Waals surface area contributed by atoms with Crippen molar-refractivity contribution in [2.75, 3.05) is 0 Å². The molecule has 0 saturated heterocycles. The molecular weight excluding hydrogens is 308 g/mol. The van der Waals surface area contributed by atoms with Crippen LogP contribution in [0.3, 0.4) is 0 Å². The van der Waals surface area contributed by atoms with E-state index in [1.54, 1.807) is 18.2 Å². The summed E-state index contributed by atoms with van der Waals surface area (Å²) in [5.74, 6) is 0. The number of hydrogen-bond acceptors (Lipinski definition) is 2. The summed E-state index contributed by atoms with van der Waals surface area (Å²) in [5.41, 5.74) is 2.73. The van der Waals surface area contributed by atoms with Crippen LogP contribution in [0.4, 0.5) is 0 Å². The third-order valence-corrected chi connectivity index (χ3v) is 3.57. The normalized spacial score (nSPS) is 12.7. The molecule has 0 spiro atoms. The average Bonchev–Trinajstić information content (AvgIpc) is 2.77. The largest absolute Gasteiger partial charge is 0.384 e. The molecule has 1 atom stereocenters. The first kappa shape index (κ1) is 12.2. The quantitative estimate of drug-likeness (QED) is 0.680. The Morgan fingerprint density at radius 3 is 2.32 bits per heavy atom. The highest BCUT2D eigenvalue weighted by atomic mass is 79.9. The van der Waals surface area contributed by atoms with Crippen LogP contribution in [0.15, 0.2) is 51.7 Å². The van der Waals surface area contributed by atoms with Gasteiger partial charge in [0.05, 0.1) is 11.0 Å². The minimum atomic E-state index is -0.712. The van der Waals surface area contributed by atoms with Crippen molar-refractivity contribution in [3.8, 4) is 0 Å². The SMILES string of the molecule is O=c1[nH]c2ccc(C(O)c3ccc(Br)cc3)cc2[nH]1. The molecule has 0 fully saturated rings. The van der Waals surface area contributed by atoms with E-state index in [2.05, 4.69) is 25.9 Å². The summed E-state index contributed by atoms with van der Waals surface area (Å²) >= 11 is 3.36. The zero-order valence-corrected chi connectivity index (χ0v) is 11.4. The van der Waals surface area contributed by atoms with Crippen LogP contribution in [0.5, 0.6) is 0 Å². The Balaban J connectivity index is 2.03. The van der Waals surface area contributed by atoms with Crippen LogP contribution in [-0.2, 0) is 0 Å². The van der Waals surface area contributed by atoms with E-state index in [1.165, 1.54) is 0 Å². The highest BCUT2D eigenvalue weighted by Gasteiger charge is 2.11. The maximum absolute atomic E-state index is 11.2. The molecule has 0 radical (unpaired) electrons. The number of aromatic nitrogens is 2. The van der Waals surface area contributed by atoms with Crippen molar-refractivity contribution in [3.63, 3.8) is 0 Å². The second kappa shape index (κ2) is 4.68. The fourth-order valence-electron chi connectivity index (χ4n) is 2.06. The summed E-state index contributed by atoms with van der Waals surface area (Å²) < 4.78 is 0.967. The van der Waals surface area contributed by atoms with Gasteiger partial charge in [0.25, 0.3) is 0 Å². The molecule has 0 aliphatic carbocycles. The van der Waals surface area contributed by atoms with E-state index < -0.39 is 6.10 Å². The highest BCUT2D eigenvalue weighted by molar-refractivity contribution is 9.10. The van der Waals surface area contributed by atoms with Gasteiger partial charge in [0.2, 0.25) is 0 Å². The molecule has 3 rings (SSSR count). The molecule has 3 N–H and O–H groups in total. The number of nitrogens with one attached hydrogen (secondary N) is 2. The lowest BCUT2D eigenvalue weighted by molar-refractivity contribution is 0.220. The van der Waals surface area contributed by atoms with Crippen LogP contribution < -0.4 is 5.69 Å². The van der Waals surface area contributed by atoms with Gasteiger partial charge in [0.1, 0.15) is 6.10 Å². The fourth-order valence-corrected chi connectivity index (χ4v) is 2.32. The third-order valence-electron chi connectivity index (χ3n) is 3.04. The topological polar surface area (TPSA) is 68.9 Å². The zero-order chi connectivity index (χ0) is 13.4. The number of aliphatic hydroxyl groups is 1. The van der Waals surface area contributed by atoms with Gasteiger partial charge in [0.15, 0.2) is 0 Å². The molecule has 3 aromatic rings. The molecule has 0 aliphatic rings. The van der Waals surface area contributed by atoms with Crippen molar-refractivity contribution in [1.82, 2.24) is 9.97 Å². The first-order chi connectivity index (χ1) is 9.13. The molecule has 0 bridgehead atoms. The molecule has 1 heterocycles. The van der Waals surface area contributed by atoms with Gasteiger partial charge in [-0.2, -0.15) is 0 Å². The van der Waals surface area contributed by atoms with E-state index in [1.807, 2.05) is 24.3 Å². The number of halogens is 1. The van der Waals surface area contributed by atoms with Gasteiger partial charge < -0.3 is 15.1 Å². The Hall–Kier alpha value is -1.85. The molecule has 0 saturated carbocycles. The van der Waals surface area contributed by atoms with E-state index in [0.717, 1.165) is 21.1 Å². The van der Waals surface area contributed by atoms with E-state index in [9.17, 15) is 9.90 Å². The molecule has 1 unspecified atom stereocenters. The van der Waals surface area contributed by atoms with Crippen molar-refractivity contribution in [1.29, 1.82) is 0 Å². The number of benzene rings is 2. The van der Waals surface area contributed by atoms with Gasteiger partial charge in [-0.25, -0.2) is 4.79 Å². The molecule has 1 aromatic heterocycles. The van der Waals surface area contributed by atoms with E-state index in [4.69, 9.17) is 0 Å². The Kier molecular flexibility index (Phi) is 3.00. The minimum Gasteiger partial charge on any atom is -0.384 e. The predicted molar refractivity (Wildman–Crippen MR) is 77.1 cm³/mol. The van der Waals surface area contributed by atoms with Crippen LogP contribution >= 0.6 is 15.9 Å². The second-order valence-electron chi connectivity index (χ2n) is 4.34. The molecule has 0 amide bonds. The number of H-pyrrole nitrogens is 2. The van der Waals surface area contributed by atoms with E-state index in [-0.39, 0.29) is 5.69 Å². The van der Waals surface area contributed by atoms with Crippen molar-refractivity contribution in [2.24, 2.45) is 0 Å². The van der Waals surface area contributed by atoms with Gasteiger partial charge in [-0.3, -0.25) is 0 Å². The predicted octanol–water partition coefficient (Wildman–Crippen LogP) is 2.70. The Morgan fingerprint density at radius 1 is 0.947 bits per heavy atom. The molecule has 0 aliphatic heterocycles. The molecular formula is C14H11BrN2O2. The first-order valence-electron chi connectivity index (χ1n) is 5.79. The van der Waals surface area contributed by atoms with Gasteiger partial charge >= 0.3 is 5.69 Å². The molecule has 5 heteroatoms. The van der Waals surface area contributed by atoms with Crippen LogP contribution in [0.1, 0.15) is 17.2 Å². The monoisotopic (exact) mass is 318 g/mol. The number of rotatable bonds is 2. The second-order valence-corrected chi connectivity index (χ2v) is 5.25. The smallest absolute Gasteiger partial charge is 0.323 e. The first-order valence-corrected chi connectivity index (χ1v) is 6.58.